The van der Waals surface area contributed by atoms with Crippen molar-refractivity contribution in [2.45, 2.75) is 5.75 Å². The summed E-state index contributed by atoms with van der Waals surface area (Å²) in [6, 6.07) is 13.0. The van der Waals surface area contributed by atoms with Crippen LogP contribution in [-0.2, 0) is 15.6 Å². The average Bonchev–Trinajstić information content (AvgIpc) is 2.67. The number of nitrogens with two attached hydrogens (primary N) is 1. The first-order valence-electron chi connectivity index (χ1n) is 8.32. The molecule has 0 aliphatic heterocycles. The minimum Gasteiger partial charge on any atom is -0.384 e. The molecule has 3 aromatic rings. The number of carbonyl (C=O) groups is 1. The third kappa shape index (κ3) is 5.33. The number of nitrogen functional groups attached to an aromatic ring is 1. The maximum absolute atomic E-state index is 12.3. The molecule has 0 radical (unpaired) electrons. The van der Waals surface area contributed by atoms with Gasteiger partial charge in [0.1, 0.15) is 17.6 Å². The van der Waals surface area contributed by atoms with E-state index in [1.54, 1.807) is 24.3 Å². The number of hydrogen-bond acceptors (Lipinski definition) is 8. The molecule has 0 unspecified atom stereocenters. The van der Waals surface area contributed by atoms with Crippen LogP contribution in [0.3, 0.4) is 0 Å². The van der Waals surface area contributed by atoms with Crippen LogP contribution in [0.2, 0.25) is 0 Å². The number of aromatic nitrogens is 3. The Morgan fingerprint density at radius 2 is 1.90 bits per heavy atom. The quantitative estimate of drug-likeness (QED) is 0.648. The van der Waals surface area contributed by atoms with Crippen LogP contribution in [0.25, 0.3) is 11.4 Å². The number of benzene rings is 1. The molecule has 29 heavy (non-hydrogen) atoms. The predicted octanol–water partition coefficient (Wildman–Crippen LogP) is 1.79. The van der Waals surface area contributed by atoms with Crippen molar-refractivity contribution in [3.63, 3.8) is 0 Å². The lowest BCUT2D eigenvalue weighted by Crippen LogP contribution is -2.12. The zero-order valence-electron chi connectivity index (χ0n) is 15.3. The largest absolute Gasteiger partial charge is 0.384 e. The van der Waals surface area contributed by atoms with E-state index in [2.05, 4.69) is 20.3 Å². The molecule has 146 valence electrons. The van der Waals surface area contributed by atoms with E-state index >= 15 is 0 Å². The van der Waals surface area contributed by atoms with Gasteiger partial charge in [0.25, 0.3) is 5.91 Å². The Kier molecular flexibility index (Phi) is 5.52. The normalized spacial score (nSPS) is 10.9. The number of nitrogens with zero attached hydrogens (tertiary/aromatic N) is 4. The number of pyridine rings is 1. The van der Waals surface area contributed by atoms with Gasteiger partial charge in [-0.1, -0.05) is 0 Å². The Labute approximate surface area is 167 Å². The van der Waals surface area contributed by atoms with Crippen LogP contribution >= 0.6 is 0 Å². The minimum absolute atomic E-state index is 0.166. The Balaban J connectivity index is 1.78. The summed E-state index contributed by atoms with van der Waals surface area (Å²) in [4.78, 5) is 24.5. The third-order valence-electron chi connectivity index (χ3n) is 3.75. The van der Waals surface area contributed by atoms with Gasteiger partial charge in [0.2, 0.25) is 0 Å². The van der Waals surface area contributed by atoms with Gasteiger partial charge in [-0.05, 0) is 36.4 Å². The number of rotatable bonds is 5. The van der Waals surface area contributed by atoms with Crippen LogP contribution in [0, 0.1) is 11.3 Å². The Morgan fingerprint density at radius 1 is 1.17 bits per heavy atom. The molecule has 3 N–H and O–H groups in total. The Bertz CT molecular complexity index is 1200. The second-order valence-corrected chi connectivity index (χ2v) is 8.39. The van der Waals surface area contributed by atoms with Gasteiger partial charge in [0.05, 0.1) is 17.0 Å². The lowest BCUT2D eigenvalue weighted by atomic mass is 10.1. The SMILES string of the molecule is CS(=O)(=O)Cc1cc(N)nc(-c2ccc(NC(=O)c3ccc(C#N)nc3)cc2)n1. The van der Waals surface area contributed by atoms with Gasteiger partial charge in [-0.15, -0.1) is 0 Å². The third-order valence-corrected chi connectivity index (χ3v) is 4.57. The van der Waals surface area contributed by atoms with E-state index in [1.807, 2.05) is 6.07 Å². The van der Waals surface area contributed by atoms with Crippen LogP contribution in [-0.4, -0.2) is 35.5 Å². The molecule has 0 fully saturated rings. The number of sulfone groups is 1. The van der Waals surface area contributed by atoms with E-state index in [0.29, 0.717) is 22.5 Å². The summed E-state index contributed by atoms with van der Waals surface area (Å²) in [5.41, 5.74) is 7.76. The maximum atomic E-state index is 12.3. The standard InChI is InChI=1S/C19H16N6O3S/c1-29(27,28)11-16-8-17(21)25-18(23-16)12-2-5-14(6-3-12)24-19(26)13-4-7-15(9-20)22-10-13/h2-8,10H,11H2,1H3,(H,24,26)(H2,21,23,25). The smallest absolute Gasteiger partial charge is 0.257 e. The van der Waals surface area contributed by atoms with E-state index in [0.717, 1.165) is 6.26 Å². The molecule has 1 amide bonds. The molecule has 3 rings (SSSR count). The first-order chi connectivity index (χ1) is 13.7. The molecule has 2 aromatic heterocycles. The summed E-state index contributed by atoms with van der Waals surface area (Å²) in [6.07, 6.45) is 2.44. The average molecular weight is 408 g/mol. The van der Waals surface area contributed by atoms with Crippen LogP contribution in [0.5, 0.6) is 0 Å². The fourth-order valence-corrected chi connectivity index (χ4v) is 3.18. The first-order valence-corrected chi connectivity index (χ1v) is 10.4. The van der Waals surface area contributed by atoms with Gasteiger partial charge < -0.3 is 11.1 Å². The van der Waals surface area contributed by atoms with Gasteiger partial charge >= 0.3 is 0 Å². The fraction of sp³-hybridized carbons (Fsp3) is 0.105. The molecule has 0 aliphatic rings. The number of nitrogens with one attached hydrogen (secondary N) is 1. The number of anilines is 2. The number of hydrogen-bond donors (Lipinski definition) is 2. The van der Waals surface area contributed by atoms with Crippen molar-refractivity contribution in [2.75, 3.05) is 17.3 Å². The number of nitriles is 1. The van der Waals surface area contributed by atoms with Gasteiger partial charge in [0.15, 0.2) is 15.7 Å². The Hall–Kier alpha value is -3.84. The van der Waals surface area contributed by atoms with E-state index in [-0.39, 0.29) is 29.0 Å². The maximum Gasteiger partial charge on any atom is 0.257 e. The Morgan fingerprint density at radius 3 is 2.48 bits per heavy atom. The highest BCUT2D eigenvalue weighted by molar-refractivity contribution is 7.89. The van der Waals surface area contributed by atoms with E-state index in [4.69, 9.17) is 11.0 Å². The van der Waals surface area contributed by atoms with Crippen molar-refractivity contribution >= 4 is 27.2 Å². The van der Waals surface area contributed by atoms with Crippen LogP contribution in [0.1, 0.15) is 21.7 Å². The van der Waals surface area contributed by atoms with Crippen LogP contribution in [0.4, 0.5) is 11.5 Å². The summed E-state index contributed by atoms with van der Waals surface area (Å²) in [6.45, 7) is 0. The number of carbonyl (C=O) groups excluding carboxylic acids is 1. The summed E-state index contributed by atoms with van der Waals surface area (Å²) >= 11 is 0. The lowest BCUT2D eigenvalue weighted by Gasteiger charge is -2.08. The molecule has 10 heteroatoms. The van der Waals surface area contributed by atoms with E-state index < -0.39 is 9.84 Å². The lowest BCUT2D eigenvalue weighted by molar-refractivity contribution is 0.102. The summed E-state index contributed by atoms with van der Waals surface area (Å²) in [7, 11) is -3.26. The van der Waals surface area contributed by atoms with Crippen LogP contribution < -0.4 is 11.1 Å². The molecule has 0 bridgehead atoms. The molecule has 0 atom stereocenters. The summed E-state index contributed by atoms with van der Waals surface area (Å²) in [5, 5.41) is 11.5. The monoisotopic (exact) mass is 408 g/mol. The highest BCUT2D eigenvalue weighted by Crippen LogP contribution is 2.20. The van der Waals surface area contributed by atoms with Crippen molar-refractivity contribution in [2.24, 2.45) is 0 Å². The van der Waals surface area contributed by atoms with Crippen molar-refractivity contribution in [1.82, 2.24) is 15.0 Å². The zero-order chi connectivity index (χ0) is 21.0. The summed E-state index contributed by atoms with van der Waals surface area (Å²) < 4.78 is 23.0. The molecule has 0 saturated heterocycles. The minimum atomic E-state index is -3.26. The molecule has 2 heterocycles. The fourth-order valence-electron chi connectivity index (χ4n) is 2.49. The predicted molar refractivity (Wildman–Crippen MR) is 107 cm³/mol. The van der Waals surface area contributed by atoms with Crippen molar-refractivity contribution < 1.29 is 13.2 Å². The van der Waals surface area contributed by atoms with Crippen molar-refractivity contribution in [3.05, 3.63) is 65.6 Å². The topological polar surface area (TPSA) is 152 Å². The number of amides is 1. The van der Waals surface area contributed by atoms with Crippen molar-refractivity contribution in [3.8, 4) is 17.5 Å². The van der Waals surface area contributed by atoms with Gasteiger partial charge in [-0.3, -0.25) is 4.79 Å². The molecule has 9 nitrogen and oxygen atoms in total. The van der Waals surface area contributed by atoms with Crippen molar-refractivity contribution in [1.29, 1.82) is 5.26 Å². The summed E-state index contributed by atoms with van der Waals surface area (Å²) in [5.74, 6) is -0.151. The van der Waals surface area contributed by atoms with Gasteiger partial charge in [0, 0.05) is 29.8 Å². The molecule has 0 saturated carbocycles. The first kappa shape index (κ1) is 19.9. The zero-order valence-corrected chi connectivity index (χ0v) is 16.1. The highest BCUT2D eigenvalue weighted by atomic mass is 32.2. The van der Waals surface area contributed by atoms with Gasteiger partial charge in [-0.25, -0.2) is 23.4 Å². The van der Waals surface area contributed by atoms with E-state index in [1.165, 1.54) is 24.4 Å². The molecule has 1 aromatic carbocycles. The van der Waals surface area contributed by atoms with Crippen LogP contribution in [0.15, 0.2) is 48.7 Å². The molecular weight excluding hydrogens is 392 g/mol. The molecular formula is C19H16N6O3S. The second kappa shape index (κ2) is 8.04. The molecule has 0 spiro atoms. The van der Waals surface area contributed by atoms with E-state index in [9.17, 15) is 13.2 Å². The highest BCUT2D eigenvalue weighted by Gasteiger charge is 2.11. The molecule has 0 aliphatic carbocycles. The second-order valence-electron chi connectivity index (χ2n) is 6.25. The van der Waals surface area contributed by atoms with Gasteiger partial charge in [-0.2, -0.15) is 5.26 Å².